The van der Waals surface area contributed by atoms with E-state index < -0.39 is 119 Å². The molecule has 0 saturated carbocycles. The molecule has 0 radical (unpaired) electrons. The molecule has 0 aliphatic carbocycles. The highest BCUT2D eigenvalue weighted by Gasteiger charge is 2.57. The molecule has 6 amide bonds. The van der Waals surface area contributed by atoms with Crippen molar-refractivity contribution in [3.8, 4) is 0 Å². The van der Waals surface area contributed by atoms with Gasteiger partial charge in [-0.25, -0.2) is 20.7 Å². The molecular weight excluding hydrogens is 941 g/mol. The second-order valence-corrected chi connectivity index (χ2v) is 20.7. The number of hydroxylamine groups is 2. The molecule has 10 N–H and O–H groups in total. The van der Waals surface area contributed by atoms with E-state index in [2.05, 4.69) is 21.5 Å². The number of rotatable bonds is 21. The van der Waals surface area contributed by atoms with Crippen LogP contribution in [0.4, 0.5) is 0 Å². The highest BCUT2D eigenvalue weighted by Crippen LogP contribution is 2.41. The number of allylic oxidation sites excluding steroid dienone is 3. The Balaban J connectivity index is 1.88. The standard InChI is InChI=1S/C49H82N8O15/c1-14-27(6)39(60)29(8)24-30(9)40-28(7)19-20-49(70,72-40)48(12,69)47(68)53-37(38(59)26(4)5)45(65)56-34(18-16-22-51-56)44(64)57(71)31(10)42(62)54(13)35(23-25(2)3)43(63)55-33(17-15-21-50-55)41(61)52-36(32(11)58)46(66)67/h14,24-26,28-29,31-38,40,50-51,58-59,69-71H,15-23H2,1-13H3,(H,52,61)(H,53,68)(H,66,67)/b27-14+,30-24+/t28-,29-,31-,32-,33-,34+,35+,36+,37-,38-,40-,48+,49+/m0/s1. The van der Waals surface area contributed by atoms with Gasteiger partial charge in [0.15, 0.2) is 17.4 Å². The lowest BCUT2D eigenvalue weighted by atomic mass is 9.80. The average Bonchev–Trinajstić information content (AvgIpc) is 3.34. The first-order valence-corrected chi connectivity index (χ1v) is 25.0. The van der Waals surface area contributed by atoms with Crippen molar-refractivity contribution in [2.24, 2.45) is 23.7 Å². The zero-order valence-corrected chi connectivity index (χ0v) is 44.2. The van der Waals surface area contributed by atoms with Crippen LogP contribution in [0.3, 0.4) is 0 Å². The lowest BCUT2D eigenvalue weighted by Crippen LogP contribution is -2.70. The molecule has 0 unspecified atom stereocenters. The summed E-state index contributed by atoms with van der Waals surface area (Å²) in [6, 6.07) is -9.22. The lowest BCUT2D eigenvalue weighted by Gasteiger charge is -2.47. The van der Waals surface area contributed by atoms with Crippen LogP contribution in [0.2, 0.25) is 0 Å². The summed E-state index contributed by atoms with van der Waals surface area (Å²) < 4.78 is 6.12. The largest absolute Gasteiger partial charge is 0.480 e. The predicted octanol–water partition coefficient (Wildman–Crippen LogP) is 0.281. The van der Waals surface area contributed by atoms with Gasteiger partial charge in [-0.15, -0.1) is 0 Å². The number of aliphatic carboxylic acids is 1. The first-order valence-electron chi connectivity index (χ1n) is 25.0. The van der Waals surface area contributed by atoms with Gasteiger partial charge in [-0.3, -0.25) is 48.8 Å². The van der Waals surface area contributed by atoms with Crippen molar-refractivity contribution in [3.05, 3.63) is 23.3 Å². The molecule has 0 spiro atoms. The minimum atomic E-state index is -2.74. The molecule has 23 heteroatoms. The summed E-state index contributed by atoms with van der Waals surface area (Å²) in [4.78, 5) is 111. The van der Waals surface area contributed by atoms with Crippen molar-refractivity contribution < 1.29 is 73.8 Å². The fourth-order valence-electron chi connectivity index (χ4n) is 9.19. The fourth-order valence-corrected chi connectivity index (χ4v) is 9.19. The number of carboxylic acid groups (broad SMARTS) is 1. The molecule has 0 bridgehead atoms. The van der Waals surface area contributed by atoms with Gasteiger partial charge >= 0.3 is 5.97 Å². The molecule has 0 aromatic rings. The number of carboxylic acids is 1. The Kier molecular flexibility index (Phi) is 22.1. The summed E-state index contributed by atoms with van der Waals surface area (Å²) in [5.74, 6) is -11.8. The topological polar surface area (TPSA) is 328 Å². The molecule has 3 aliphatic rings. The van der Waals surface area contributed by atoms with Gasteiger partial charge in [0.25, 0.3) is 23.6 Å². The summed E-state index contributed by atoms with van der Waals surface area (Å²) in [5.41, 5.74) is 4.07. The maximum atomic E-state index is 14.6. The second kappa shape index (κ2) is 25.9. The molecule has 3 saturated heterocycles. The molecule has 13 atom stereocenters. The van der Waals surface area contributed by atoms with Crippen LogP contribution < -0.4 is 21.5 Å². The van der Waals surface area contributed by atoms with Gasteiger partial charge in [-0.1, -0.05) is 53.7 Å². The summed E-state index contributed by atoms with van der Waals surface area (Å²) in [6.45, 7) is 19.2. The molecule has 3 rings (SSSR count). The molecule has 0 aromatic heterocycles. The Morgan fingerprint density at radius 3 is 1.94 bits per heavy atom. The number of hydrogen-bond acceptors (Lipinski definition) is 16. The number of aliphatic hydroxyl groups excluding tert-OH is 2. The first-order chi connectivity index (χ1) is 33.4. The quantitative estimate of drug-likeness (QED) is 0.0320. The zero-order valence-electron chi connectivity index (χ0n) is 44.2. The van der Waals surface area contributed by atoms with Crippen molar-refractivity contribution >= 4 is 47.2 Å². The lowest BCUT2D eigenvalue weighted by molar-refractivity contribution is -0.321. The molecule has 0 aromatic carbocycles. The minimum absolute atomic E-state index is 0.0519. The van der Waals surface area contributed by atoms with Crippen LogP contribution in [0.5, 0.6) is 0 Å². The van der Waals surface area contributed by atoms with Crippen LogP contribution in [-0.4, -0.2) is 184 Å². The van der Waals surface area contributed by atoms with Gasteiger partial charge in [0.05, 0.1) is 18.3 Å². The number of aliphatic hydroxyl groups is 4. The van der Waals surface area contributed by atoms with Gasteiger partial charge in [0, 0.05) is 32.5 Å². The second-order valence-electron chi connectivity index (χ2n) is 20.7. The number of ether oxygens (including phenoxy) is 1. The third-order valence-corrected chi connectivity index (χ3v) is 14.1. The summed E-state index contributed by atoms with van der Waals surface area (Å²) in [5, 5.41) is 72.9. The zero-order chi connectivity index (χ0) is 54.9. The molecule has 408 valence electrons. The van der Waals surface area contributed by atoms with E-state index >= 15 is 0 Å². The van der Waals surface area contributed by atoms with Crippen LogP contribution in [0.25, 0.3) is 0 Å². The molecule has 72 heavy (non-hydrogen) atoms. The number of nitrogens with one attached hydrogen (secondary N) is 4. The average molecular weight is 1020 g/mol. The van der Waals surface area contributed by atoms with Crippen LogP contribution in [0.1, 0.15) is 128 Å². The molecular formula is C49H82N8O15. The van der Waals surface area contributed by atoms with Crippen LogP contribution in [0.15, 0.2) is 23.3 Å². The number of amides is 6. The highest BCUT2D eigenvalue weighted by molar-refractivity contribution is 5.98. The SMILES string of the molecule is C/C=C(\C)C(=O)[C@@H](C)/C=C(\C)[C@H]1O[C@@](O)([C@](C)(O)C(=O)N[C@H](C(=O)N2NCCC[C@@H]2C(=O)N(O)[C@@H](C)C(=O)N(C)[C@H](CC(C)C)C(=O)N2NCCC[C@H]2C(=O)N[C@@H](C(=O)O)[C@H](C)O)[C@@H](O)C(C)C)CC[C@@H]1C. The summed E-state index contributed by atoms with van der Waals surface area (Å²) in [6.07, 6.45) is 0.379. The molecule has 23 nitrogen and oxygen atoms in total. The predicted molar refractivity (Wildman–Crippen MR) is 260 cm³/mol. The van der Waals surface area contributed by atoms with Gasteiger partial charge in [-0.2, -0.15) is 0 Å². The van der Waals surface area contributed by atoms with Gasteiger partial charge in [0.1, 0.15) is 30.2 Å². The summed E-state index contributed by atoms with van der Waals surface area (Å²) in [7, 11) is 1.28. The summed E-state index contributed by atoms with van der Waals surface area (Å²) >= 11 is 0. The highest BCUT2D eigenvalue weighted by atomic mass is 16.6. The minimum Gasteiger partial charge on any atom is -0.480 e. The Morgan fingerprint density at radius 1 is 0.875 bits per heavy atom. The van der Waals surface area contributed by atoms with Gasteiger partial charge in [0.2, 0.25) is 17.6 Å². The van der Waals surface area contributed by atoms with E-state index in [1.807, 2.05) is 6.92 Å². The normalized spacial score (nSPS) is 26.0. The van der Waals surface area contributed by atoms with Crippen molar-refractivity contribution in [1.82, 2.24) is 41.5 Å². The van der Waals surface area contributed by atoms with E-state index in [9.17, 15) is 69.1 Å². The maximum Gasteiger partial charge on any atom is 0.328 e. The van der Waals surface area contributed by atoms with Crippen molar-refractivity contribution in [2.75, 3.05) is 20.1 Å². The number of Topliss-reactive ketones (excluding diaryl/α,β-unsaturated/α-hetero) is 1. The number of ketones is 1. The first kappa shape index (κ1) is 61.4. The van der Waals surface area contributed by atoms with Gasteiger partial charge < -0.3 is 45.8 Å². The number of carbonyl (C=O) groups excluding carboxylic acids is 7. The molecule has 3 heterocycles. The third kappa shape index (κ3) is 14.2. The van der Waals surface area contributed by atoms with Crippen molar-refractivity contribution in [2.45, 2.75) is 194 Å². The number of nitrogens with zero attached hydrogens (tertiary/aromatic N) is 4. The number of hydrogen-bond donors (Lipinski definition) is 10. The van der Waals surface area contributed by atoms with Crippen LogP contribution in [-0.2, 0) is 43.1 Å². The van der Waals surface area contributed by atoms with Crippen LogP contribution >= 0.6 is 0 Å². The Hall–Kier alpha value is -4.88. The fraction of sp³-hybridized carbons (Fsp3) is 0.755. The van der Waals surface area contributed by atoms with Crippen LogP contribution in [0, 0.1) is 23.7 Å². The smallest absolute Gasteiger partial charge is 0.328 e. The molecule has 3 aliphatic heterocycles. The van der Waals surface area contributed by atoms with E-state index in [1.54, 1.807) is 67.5 Å². The number of likely N-dealkylation sites (N-methyl/N-ethyl adjacent to an activating group) is 1. The van der Waals surface area contributed by atoms with E-state index in [-0.39, 0.29) is 67.9 Å². The molecule has 3 fully saturated rings. The Labute approximate surface area is 422 Å². The third-order valence-electron chi connectivity index (χ3n) is 14.1. The Morgan fingerprint density at radius 2 is 1.43 bits per heavy atom. The monoisotopic (exact) mass is 1020 g/mol. The Bertz CT molecular complexity index is 2050. The van der Waals surface area contributed by atoms with E-state index in [0.717, 1.165) is 21.8 Å². The number of carbonyl (C=O) groups is 8. The van der Waals surface area contributed by atoms with E-state index in [0.29, 0.717) is 24.0 Å². The van der Waals surface area contributed by atoms with Crippen molar-refractivity contribution in [1.29, 1.82) is 0 Å². The maximum absolute atomic E-state index is 14.6. The van der Waals surface area contributed by atoms with E-state index in [4.69, 9.17) is 4.74 Å². The van der Waals surface area contributed by atoms with Crippen molar-refractivity contribution in [3.63, 3.8) is 0 Å². The van der Waals surface area contributed by atoms with E-state index in [1.165, 1.54) is 20.9 Å². The number of hydrazine groups is 2. The van der Waals surface area contributed by atoms with Gasteiger partial charge in [-0.05, 0) is 109 Å².